The maximum atomic E-state index is 4.81. The Labute approximate surface area is 240 Å². The van der Waals surface area contributed by atoms with Gasteiger partial charge in [0.1, 0.15) is 0 Å². The lowest BCUT2D eigenvalue weighted by molar-refractivity contribution is 0.220. The summed E-state index contributed by atoms with van der Waals surface area (Å²) < 4.78 is 0. The number of hydrogen-bond acceptors (Lipinski definition) is 8. The van der Waals surface area contributed by atoms with Crippen LogP contribution in [0.25, 0.3) is 28.0 Å². The largest absolute Gasteiger partial charge is 0.353 e. The third-order valence-corrected chi connectivity index (χ3v) is 8.07. The molecule has 0 bridgehead atoms. The molecule has 0 unspecified atom stereocenters. The van der Waals surface area contributed by atoms with E-state index in [4.69, 9.17) is 4.98 Å². The van der Waals surface area contributed by atoms with E-state index < -0.39 is 0 Å². The monoisotopic (exact) mass is 540 g/mol. The van der Waals surface area contributed by atoms with Crippen LogP contribution in [0.3, 0.4) is 0 Å². The lowest BCUT2D eigenvalue weighted by Crippen LogP contribution is -2.29. The smallest absolute Gasteiger partial charge is 0.0923 e. The van der Waals surface area contributed by atoms with Crippen molar-refractivity contribution >= 4 is 23.3 Å². The molecular formula is C33H32N8. The molecule has 0 radical (unpaired) electrons. The van der Waals surface area contributed by atoms with Crippen LogP contribution in [-0.4, -0.2) is 44.3 Å². The fourth-order valence-electron chi connectivity index (χ4n) is 5.98. The van der Waals surface area contributed by atoms with E-state index in [0.717, 1.165) is 76.6 Å². The lowest BCUT2D eigenvalue weighted by atomic mass is 9.89. The summed E-state index contributed by atoms with van der Waals surface area (Å²) in [6, 6.07) is 8.41. The van der Waals surface area contributed by atoms with Gasteiger partial charge in [-0.25, -0.2) is 4.99 Å². The molecule has 8 nitrogen and oxygen atoms in total. The molecule has 4 aromatic heterocycles. The molecule has 7 heterocycles. The molecule has 3 aliphatic heterocycles. The van der Waals surface area contributed by atoms with Gasteiger partial charge in [0.25, 0.3) is 0 Å². The summed E-state index contributed by atoms with van der Waals surface area (Å²) in [5, 5.41) is 7.00. The van der Waals surface area contributed by atoms with Crippen LogP contribution in [0.5, 0.6) is 0 Å². The second-order valence-corrected chi connectivity index (χ2v) is 10.9. The zero-order chi connectivity index (χ0) is 27.6. The highest BCUT2D eigenvalue weighted by atomic mass is 15.1. The zero-order valence-electron chi connectivity index (χ0n) is 23.1. The summed E-state index contributed by atoms with van der Waals surface area (Å²) in [5.74, 6) is 0. The normalized spacial score (nSPS) is 16.7. The number of likely N-dealkylation sites (tertiary alicyclic amines) is 1. The highest BCUT2D eigenvalue weighted by Gasteiger charge is 2.24. The molecule has 0 amide bonds. The zero-order valence-corrected chi connectivity index (χ0v) is 23.1. The summed E-state index contributed by atoms with van der Waals surface area (Å²) in [5.41, 5.74) is 12.7. The SMILES string of the molecule is CC1=C(C2=CN=CNc3cnc(-c4cncc(CN5CCCCC5)c4)cc32)Nc2cncc(-c3cccnc3)c2C1. The summed E-state index contributed by atoms with van der Waals surface area (Å²) in [4.78, 5) is 25.3. The third kappa shape index (κ3) is 5.14. The number of rotatable bonds is 5. The van der Waals surface area contributed by atoms with Gasteiger partial charge in [0.2, 0.25) is 0 Å². The van der Waals surface area contributed by atoms with Crippen molar-refractivity contribution in [3.05, 3.63) is 102 Å². The second-order valence-electron chi connectivity index (χ2n) is 10.9. The number of hydrogen-bond donors (Lipinski definition) is 2. The Bertz CT molecular complexity index is 1680. The van der Waals surface area contributed by atoms with Crippen LogP contribution in [0.15, 0.2) is 90.1 Å². The molecule has 0 saturated carbocycles. The van der Waals surface area contributed by atoms with Gasteiger partial charge < -0.3 is 10.6 Å². The van der Waals surface area contributed by atoms with Crippen LogP contribution >= 0.6 is 0 Å². The first-order chi connectivity index (χ1) is 20.2. The first kappa shape index (κ1) is 25.3. The topological polar surface area (TPSA) is 91.2 Å². The molecule has 7 rings (SSSR count). The molecule has 1 saturated heterocycles. The van der Waals surface area contributed by atoms with Gasteiger partial charge in [-0.15, -0.1) is 0 Å². The average molecular weight is 541 g/mol. The Hall–Kier alpha value is -4.69. The van der Waals surface area contributed by atoms with E-state index in [1.165, 1.54) is 36.0 Å². The van der Waals surface area contributed by atoms with Crippen LogP contribution in [0.2, 0.25) is 0 Å². The van der Waals surface area contributed by atoms with Crippen molar-refractivity contribution in [1.82, 2.24) is 24.8 Å². The van der Waals surface area contributed by atoms with Gasteiger partial charge in [-0.05, 0) is 74.2 Å². The summed E-state index contributed by atoms with van der Waals surface area (Å²) in [7, 11) is 0. The minimum atomic E-state index is 0.800. The summed E-state index contributed by atoms with van der Waals surface area (Å²) in [6.45, 7) is 5.42. The third-order valence-electron chi connectivity index (χ3n) is 8.07. The fourth-order valence-corrected chi connectivity index (χ4v) is 5.98. The molecule has 0 aromatic carbocycles. The number of allylic oxidation sites excluding steroid dienone is 2. The van der Waals surface area contributed by atoms with E-state index in [0.29, 0.717) is 0 Å². The first-order valence-corrected chi connectivity index (χ1v) is 14.2. The predicted octanol–water partition coefficient (Wildman–Crippen LogP) is 6.32. The highest BCUT2D eigenvalue weighted by molar-refractivity contribution is 5.96. The molecule has 2 N–H and O–H groups in total. The van der Waals surface area contributed by atoms with Crippen LogP contribution in [-0.2, 0) is 13.0 Å². The number of piperidine rings is 1. The summed E-state index contributed by atoms with van der Waals surface area (Å²) in [6.07, 6.45) is 21.6. The molecule has 0 spiro atoms. The lowest BCUT2D eigenvalue weighted by Gasteiger charge is -2.27. The van der Waals surface area contributed by atoms with Crippen molar-refractivity contribution in [1.29, 1.82) is 0 Å². The minimum absolute atomic E-state index is 0.800. The molecule has 3 aliphatic rings. The number of aromatic nitrogens is 4. The highest BCUT2D eigenvalue weighted by Crippen LogP contribution is 2.41. The number of nitrogens with zero attached hydrogens (tertiary/aromatic N) is 6. The standard InChI is InChI=1S/C33H32N8/c1-22-10-26-28(24-6-5-7-34-14-24)16-36-18-32(26)40-33(22)29-17-37-21-39-31-19-38-30(12-27(29)31)25-11-23(13-35-15-25)20-41-8-3-2-4-9-41/h5-7,11-19,21,40H,2-4,8-10,20H2,1H3,(H,37,39). The van der Waals surface area contributed by atoms with E-state index >= 15 is 0 Å². The number of fused-ring (bicyclic) bond motifs is 2. The van der Waals surface area contributed by atoms with Crippen LogP contribution in [0.1, 0.15) is 42.9 Å². The predicted molar refractivity (Wildman–Crippen MR) is 164 cm³/mol. The Morgan fingerprint density at radius 1 is 0.854 bits per heavy atom. The number of aliphatic imine (C=N–C) groups is 1. The Kier molecular flexibility index (Phi) is 6.82. The van der Waals surface area contributed by atoms with E-state index in [9.17, 15) is 0 Å². The van der Waals surface area contributed by atoms with Gasteiger partial charge in [-0.2, -0.15) is 0 Å². The number of pyridine rings is 4. The van der Waals surface area contributed by atoms with Crippen LogP contribution < -0.4 is 10.6 Å². The molecule has 8 heteroatoms. The maximum absolute atomic E-state index is 4.81. The fraction of sp³-hybridized carbons (Fsp3) is 0.242. The molecular weight excluding hydrogens is 508 g/mol. The minimum Gasteiger partial charge on any atom is -0.353 e. The van der Waals surface area contributed by atoms with E-state index in [1.54, 1.807) is 12.5 Å². The first-order valence-electron chi connectivity index (χ1n) is 14.2. The molecule has 4 aromatic rings. The summed E-state index contributed by atoms with van der Waals surface area (Å²) >= 11 is 0. The van der Waals surface area contributed by atoms with Gasteiger partial charge in [-0.1, -0.05) is 12.5 Å². The van der Waals surface area contributed by atoms with Crippen molar-refractivity contribution in [2.75, 3.05) is 23.7 Å². The van der Waals surface area contributed by atoms with Crippen molar-refractivity contribution < 1.29 is 0 Å². The molecule has 0 aliphatic carbocycles. The van der Waals surface area contributed by atoms with Gasteiger partial charge in [0, 0.05) is 77.3 Å². The maximum Gasteiger partial charge on any atom is 0.0923 e. The van der Waals surface area contributed by atoms with Crippen molar-refractivity contribution in [2.45, 2.75) is 39.2 Å². The van der Waals surface area contributed by atoms with Crippen molar-refractivity contribution in [3.63, 3.8) is 0 Å². The number of anilines is 2. The van der Waals surface area contributed by atoms with Crippen LogP contribution in [0.4, 0.5) is 11.4 Å². The Morgan fingerprint density at radius 2 is 1.73 bits per heavy atom. The molecule has 41 heavy (non-hydrogen) atoms. The van der Waals surface area contributed by atoms with E-state index in [-0.39, 0.29) is 0 Å². The second kappa shape index (κ2) is 11.1. The molecule has 0 atom stereocenters. The molecule has 204 valence electrons. The van der Waals surface area contributed by atoms with E-state index in [1.807, 2.05) is 49.4 Å². The van der Waals surface area contributed by atoms with Gasteiger partial charge >= 0.3 is 0 Å². The quantitative estimate of drug-likeness (QED) is 0.306. The van der Waals surface area contributed by atoms with Gasteiger partial charge in [-0.3, -0.25) is 24.8 Å². The van der Waals surface area contributed by atoms with Crippen molar-refractivity contribution in [3.8, 4) is 22.4 Å². The Balaban J connectivity index is 1.22. The number of nitrogens with one attached hydrogen (secondary N) is 2. The average Bonchev–Trinajstić information content (AvgIpc) is 3.23. The van der Waals surface area contributed by atoms with Gasteiger partial charge in [0.15, 0.2) is 0 Å². The van der Waals surface area contributed by atoms with Crippen LogP contribution in [0, 0.1) is 0 Å². The van der Waals surface area contributed by atoms with Crippen molar-refractivity contribution in [2.24, 2.45) is 4.99 Å². The van der Waals surface area contributed by atoms with Gasteiger partial charge in [0.05, 0.1) is 35.8 Å². The Morgan fingerprint density at radius 3 is 2.61 bits per heavy atom. The molecule has 1 fully saturated rings. The van der Waals surface area contributed by atoms with E-state index in [2.05, 4.69) is 60.6 Å².